The Bertz CT molecular complexity index is 667. The van der Waals surface area contributed by atoms with Crippen LogP contribution in [0.1, 0.15) is 2.74 Å². The van der Waals surface area contributed by atoms with E-state index >= 15 is 0 Å². The van der Waals surface area contributed by atoms with Gasteiger partial charge >= 0.3 is 5.69 Å². The van der Waals surface area contributed by atoms with Crippen LogP contribution in [0.2, 0.25) is 0 Å². The van der Waals surface area contributed by atoms with Crippen LogP contribution in [0.4, 0.5) is 0 Å². The van der Waals surface area contributed by atoms with E-state index in [0.717, 1.165) is 4.57 Å². The van der Waals surface area contributed by atoms with Crippen LogP contribution in [0.5, 0.6) is 0 Å². The zero-order valence-corrected chi connectivity index (χ0v) is 7.76. The van der Waals surface area contributed by atoms with Gasteiger partial charge in [0.2, 0.25) is 0 Å². The van der Waals surface area contributed by atoms with Crippen molar-refractivity contribution in [3.05, 3.63) is 27.2 Å². The van der Waals surface area contributed by atoms with Crippen molar-refractivity contribution in [2.24, 2.45) is 21.1 Å². The lowest BCUT2D eigenvalue weighted by atomic mass is 10.5. The Balaban J connectivity index is 3.10. The zero-order valence-electron chi connectivity index (χ0n) is 9.76. The van der Waals surface area contributed by atoms with Gasteiger partial charge < -0.3 is 4.57 Å². The molecular formula is C8H10N4O2. The smallest absolute Gasteiger partial charge is 0.328 e. The number of aromatic nitrogens is 4. The van der Waals surface area contributed by atoms with Gasteiger partial charge in [0.15, 0.2) is 11.2 Å². The third kappa shape index (κ3) is 0.876. The molecule has 74 valence electrons. The summed E-state index contributed by atoms with van der Waals surface area (Å²) in [7, 11) is 3.07. The molecular weight excluding hydrogens is 184 g/mol. The summed E-state index contributed by atoms with van der Waals surface area (Å²) in [6.07, 6.45) is 1.42. The van der Waals surface area contributed by atoms with E-state index in [-0.39, 0.29) is 11.2 Å². The fourth-order valence-corrected chi connectivity index (χ4v) is 1.36. The monoisotopic (exact) mass is 196 g/mol. The van der Waals surface area contributed by atoms with Gasteiger partial charge in [0.25, 0.3) is 5.56 Å². The molecule has 0 aliphatic rings. The number of rotatable bonds is 0. The van der Waals surface area contributed by atoms with Gasteiger partial charge in [-0.05, 0) is 0 Å². The van der Waals surface area contributed by atoms with Crippen LogP contribution in [-0.2, 0) is 21.1 Å². The van der Waals surface area contributed by atoms with E-state index in [1.165, 1.54) is 17.9 Å². The lowest BCUT2D eigenvalue weighted by Crippen LogP contribution is -2.37. The summed E-state index contributed by atoms with van der Waals surface area (Å²) in [6, 6.07) is 0. The Morgan fingerprint density at radius 1 is 1.36 bits per heavy atom. The molecule has 2 heterocycles. The Morgan fingerprint density at radius 3 is 2.71 bits per heavy atom. The number of aryl methyl sites for hydroxylation is 2. The Hall–Kier alpha value is -1.85. The third-order valence-electron chi connectivity index (χ3n) is 2.15. The van der Waals surface area contributed by atoms with Crippen molar-refractivity contribution in [2.45, 2.75) is 0 Å². The SMILES string of the molecule is [2H]C([2H])n1c(=O)c2c(ncn2C)n(C)c1=O. The summed E-state index contributed by atoms with van der Waals surface area (Å²) in [5.74, 6) is 0. The Labute approximate surface area is 81.8 Å². The molecule has 0 aliphatic carbocycles. The molecule has 6 heteroatoms. The van der Waals surface area contributed by atoms with Gasteiger partial charge in [-0.25, -0.2) is 9.78 Å². The minimum Gasteiger partial charge on any atom is -0.328 e. The van der Waals surface area contributed by atoms with Crippen molar-refractivity contribution in [2.75, 3.05) is 0 Å². The van der Waals surface area contributed by atoms with Crippen LogP contribution < -0.4 is 11.2 Å². The van der Waals surface area contributed by atoms with Crippen LogP contribution in [0.25, 0.3) is 11.2 Å². The highest BCUT2D eigenvalue weighted by atomic mass is 16.2. The molecule has 0 aromatic carbocycles. The molecule has 0 bridgehead atoms. The van der Waals surface area contributed by atoms with E-state index in [1.807, 2.05) is 0 Å². The van der Waals surface area contributed by atoms with E-state index in [2.05, 4.69) is 4.98 Å². The average Bonchev–Trinajstić information content (AvgIpc) is 2.57. The standard InChI is InChI=1S/C8H10N4O2/c1-10-4-9-6-5(10)7(13)12(3)8(14)11(6)2/h4H,1-3H3/i3D2. The quantitative estimate of drug-likeness (QED) is 0.541. The van der Waals surface area contributed by atoms with Crippen LogP contribution in [0.3, 0.4) is 0 Å². The largest absolute Gasteiger partial charge is 0.332 e. The molecule has 0 atom stereocenters. The van der Waals surface area contributed by atoms with Crippen molar-refractivity contribution >= 4 is 11.2 Å². The van der Waals surface area contributed by atoms with Crippen molar-refractivity contribution in [1.82, 2.24) is 18.7 Å². The van der Waals surface area contributed by atoms with E-state index in [0.29, 0.717) is 4.57 Å². The fraction of sp³-hybridized carbons (Fsp3) is 0.375. The highest BCUT2D eigenvalue weighted by molar-refractivity contribution is 5.69. The topological polar surface area (TPSA) is 61.8 Å². The number of hydrogen-bond donors (Lipinski definition) is 0. The van der Waals surface area contributed by atoms with E-state index in [9.17, 15) is 9.59 Å². The summed E-state index contributed by atoms with van der Waals surface area (Å²) in [4.78, 5) is 27.5. The molecule has 0 spiro atoms. The number of hydrogen-bond acceptors (Lipinski definition) is 3. The summed E-state index contributed by atoms with van der Waals surface area (Å²) < 4.78 is 17.6. The highest BCUT2D eigenvalue weighted by Gasteiger charge is 2.11. The van der Waals surface area contributed by atoms with Gasteiger partial charge in [-0.2, -0.15) is 0 Å². The highest BCUT2D eigenvalue weighted by Crippen LogP contribution is 2.01. The lowest BCUT2D eigenvalue weighted by Gasteiger charge is -2.02. The number of fused-ring (bicyclic) bond motifs is 1. The molecule has 0 aliphatic heterocycles. The first-order valence-corrected chi connectivity index (χ1v) is 3.92. The first kappa shape index (κ1) is 6.58. The Kier molecular flexibility index (Phi) is 1.21. The van der Waals surface area contributed by atoms with Gasteiger partial charge in [0, 0.05) is 23.8 Å². The molecule has 2 aromatic heterocycles. The van der Waals surface area contributed by atoms with Crippen LogP contribution in [-0.4, -0.2) is 18.7 Å². The molecule has 0 N–H and O–H groups in total. The van der Waals surface area contributed by atoms with Crippen LogP contribution in [0.15, 0.2) is 15.9 Å². The van der Waals surface area contributed by atoms with Crippen LogP contribution >= 0.6 is 0 Å². The van der Waals surface area contributed by atoms with Gasteiger partial charge in [-0.1, -0.05) is 0 Å². The summed E-state index contributed by atoms with van der Waals surface area (Å²) in [6.45, 7) is -1.66. The van der Waals surface area contributed by atoms with E-state index in [4.69, 9.17) is 2.74 Å². The maximum absolute atomic E-state index is 11.9. The molecule has 0 radical (unpaired) electrons. The van der Waals surface area contributed by atoms with Gasteiger partial charge in [-0.3, -0.25) is 13.9 Å². The summed E-state index contributed by atoms with van der Waals surface area (Å²) >= 11 is 0. The molecule has 0 fully saturated rings. The number of imidazole rings is 1. The zero-order chi connectivity index (χ0) is 12.0. The van der Waals surface area contributed by atoms with Gasteiger partial charge in [-0.15, -0.1) is 0 Å². The Morgan fingerprint density at radius 2 is 2.07 bits per heavy atom. The maximum Gasteiger partial charge on any atom is 0.332 e. The van der Waals surface area contributed by atoms with E-state index in [1.54, 1.807) is 7.05 Å². The minimum absolute atomic E-state index is 0.214. The molecule has 0 saturated carbocycles. The van der Waals surface area contributed by atoms with Gasteiger partial charge in [0.05, 0.1) is 6.33 Å². The fourth-order valence-electron chi connectivity index (χ4n) is 1.36. The second kappa shape index (κ2) is 2.57. The summed E-state index contributed by atoms with van der Waals surface area (Å²) in [5, 5.41) is 0. The van der Waals surface area contributed by atoms with Crippen LogP contribution in [0, 0.1) is 0 Å². The molecule has 0 amide bonds. The summed E-state index contributed by atoms with van der Waals surface area (Å²) in [5.41, 5.74) is -0.889. The van der Waals surface area contributed by atoms with Gasteiger partial charge in [0.1, 0.15) is 0 Å². The molecule has 0 saturated heterocycles. The van der Waals surface area contributed by atoms with Crippen molar-refractivity contribution in [3.63, 3.8) is 0 Å². The second-order valence-electron chi connectivity index (χ2n) is 3.04. The molecule has 14 heavy (non-hydrogen) atoms. The van der Waals surface area contributed by atoms with Crippen molar-refractivity contribution in [3.8, 4) is 0 Å². The first-order valence-electron chi connectivity index (χ1n) is 5.07. The minimum atomic E-state index is -1.66. The third-order valence-corrected chi connectivity index (χ3v) is 2.15. The molecule has 2 rings (SSSR count). The lowest BCUT2D eigenvalue weighted by molar-refractivity contribution is 0.705. The molecule has 2 aromatic rings. The normalized spacial score (nSPS) is 13.4. The first-order chi connectivity index (χ1) is 7.45. The number of nitrogens with zero attached hydrogens (tertiary/aromatic N) is 4. The predicted molar refractivity (Wildman–Crippen MR) is 51.2 cm³/mol. The van der Waals surface area contributed by atoms with E-state index < -0.39 is 18.2 Å². The molecule has 6 nitrogen and oxygen atoms in total. The predicted octanol–water partition coefficient (Wildman–Crippen LogP) is -1.03. The van der Waals surface area contributed by atoms with Crippen molar-refractivity contribution < 1.29 is 2.74 Å². The second-order valence-corrected chi connectivity index (χ2v) is 3.04. The maximum atomic E-state index is 11.9. The average molecular weight is 196 g/mol. The van der Waals surface area contributed by atoms with Crippen molar-refractivity contribution in [1.29, 1.82) is 0 Å². The molecule has 0 unspecified atom stereocenters.